The molecule has 11 heavy (non-hydrogen) atoms. The number of nitrogens with two attached hydrogens (primary N) is 1. The Bertz CT molecular complexity index is 217. The first-order chi connectivity index (χ1) is 4.92. The molecule has 0 aromatic heterocycles. The van der Waals surface area contributed by atoms with Gasteiger partial charge in [-0.25, -0.2) is 8.42 Å². The fraction of sp³-hybridized carbons (Fsp3) is 1.00. The van der Waals surface area contributed by atoms with Crippen molar-refractivity contribution >= 4 is 9.84 Å². The Morgan fingerprint density at radius 1 is 1.18 bits per heavy atom. The van der Waals surface area contributed by atoms with E-state index in [0.29, 0.717) is 0 Å². The smallest absolute Gasteiger partial charge is 0.150 e. The zero-order valence-electron chi connectivity index (χ0n) is 6.95. The summed E-state index contributed by atoms with van der Waals surface area (Å²) >= 11 is 0. The summed E-state index contributed by atoms with van der Waals surface area (Å²) in [5, 5.41) is 0. The van der Waals surface area contributed by atoms with E-state index in [1.54, 1.807) is 0 Å². The van der Waals surface area contributed by atoms with Crippen LogP contribution in [0.1, 0.15) is 13.8 Å². The second-order valence-electron chi connectivity index (χ2n) is 3.61. The van der Waals surface area contributed by atoms with Gasteiger partial charge in [0.15, 0.2) is 9.84 Å². The molecule has 0 bridgehead atoms. The Morgan fingerprint density at radius 2 is 1.55 bits per heavy atom. The summed E-state index contributed by atoms with van der Waals surface area (Å²) in [6.45, 7) is 3.80. The molecule has 0 amide bonds. The normalized spacial score (nSPS) is 43.7. The van der Waals surface area contributed by atoms with Crippen molar-refractivity contribution in [2.24, 2.45) is 17.6 Å². The van der Waals surface area contributed by atoms with Gasteiger partial charge in [-0.1, -0.05) is 13.8 Å². The first-order valence-electron chi connectivity index (χ1n) is 3.88. The maximum Gasteiger partial charge on any atom is 0.150 e. The number of hydrogen-bond acceptors (Lipinski definition) is 3. The van der Waals surface area contributed by atoms with Crippen molar-refractivity contribution < 1.29 is 8.42 Å². The van der Waals surface area contributed by atoms with Gasteiger partial charge >= 0.3 is 0 Å². The van der Waals surface area contributed by atoms with Crippen molar-refractivity contribution in [3.63, 3.8) is 0 Å². The Hall–Kier alpha value is -0.0900. The molecule has 2 atom stereocenters. The molecule has 0 radical (unpaired) electrons. The summed E-state index contributed by atoms with van der Waals surface area (Å²) in [6, 6.07) is 0.0542. The average molecular weight is 177 g/mol. The summed E-state index contributed by atoms with van der Waals surface area (Å²) in [6.07, 6.45) is 0. The summed E-state index contributed by atoms with van der Waals surface area (Å²) in [5.41, 5.74) is 5.78. The Balaban J connectivity index is 2.78. The van der Waals surface area contributed by atoms with Gasteiger partial charge in [-0.05, 0) is 11.8 Å². The van der Waals surface area contributed by atoms with Gasteiger partial charge in [-0.2, -0.15) is 0 Å². The molecule has 66 valence electrons. The standard InChI is InChI=1S/C7H15NO2S/c1-5-3-11(9,10)4-6(2)7(5)8/h5-7H,3-4,8H2,1-2H3. The predicted molar refractivity (Wildman–Crippen MR) is 45.0 cm³/mol. The van der Waals surface area contributed by atoms with Crippen LogP contribution in [0.25, 0.3) is 0 Å². The Morgan fingerprint density at radius 3 is 1.91 bits per heavy atom. The molecule has 0 aliphatic carbocycles. The van der Waals surface area contributed by atoms with E-state index in [4.69, 9.17) is 5.73 Å². The van der Waals surface area contributed by atoms with Crippen LogP contribution in [-0.4, -0.2) is 26.0 Å². The summed E-state index contributed by atoms with van der Waals surface area (Å²) in [4.78, 5) is 0. The molecular formula is C7H15NO2S. The Labute approximate surface area is 67.9 Å². The van der Waals surface area contributed by atoms with Crippen molar-refractivity contribution in [1.29, 1.82) is 0 Å². The molecule has 0 aromatic carbocycles. The SMILES string of the molecule is CC1CS(=O)(=O)CC(C)C1N. The molecule has 1 fully saturated rings. The minimum Gasteiger partial charge on any atom is -0.327 e. The number of hydrogen-bond donors (Lipinski definition) is 1. The van der Waals surface area contributed by atoms with Crippen LogP contribution >= 0.6 is 0 Å². The van der Waals surface area contributed by atoms with Crippen LogP contribution in [0.4, 0.5) is 0 Å². The molecule has 0 aromatic rings. The van der Waals surface area contributed by atoms with Crippen molar-refractivity contribution in [1.82, 2.24) is 0 Å². The van der Waals surface area contributed by atoms with Gasteiger partial charge in [-0.15, -0.1) is 0 Å². The van der Waals surface area contributed by atoms with E-state index in [9.17, 15) is 8.42 Å². The van der Waals surface area contributed by atoms with Crippen LogP contribution in [-0.2, 0) is 9.84 Å². The van der Waals surface area contributed by atoms with Gasteiger partial charge < -0.3 is 5.73 Å². The topological polar surface area (TPSA) is 60.2 Å². The third-order valence-corrected chi connectivity index (χ3v) is 4.42. The molecule has 1 rings (SSSR count). The molecule has 1 saturated heterocycles. The predicted octanol–water partition coefficient (Wildman–Crippen LogP) is 0.0143. The van der Waals surface area contributed by atoms with Gasteiger partial charge in [0.05, 0.1) is 11.5 Å². The van der Waals surface area contributed by atoms with E-state index >= 15 is 0 Å². The van der Waals surface area contributed by atoms with Gasteiger partial charge in [0.25, 0.3) is 0 Å². The minimum absolute atomic E-state index is 0.0542. The van der Waals surface area contributed by atoms with Crippen LogP contribution in [0.2, 0.25) is 0 Å². The molecular weight excluding hydrogens is 162 g/mol. The number of rotatable bonds is 0. The largest absolute Gasteiger partial charge is 0.327 e. The summed E-state index contributed by atoms with van der Waals surface area (Å²) in [7, 11) is -2.79. The van der Waals surface area contributed by atoms with E-state index in [2.05, 4.69) is 0 Å². The van der Waals surface area contributed by atoms with Gasteiger partial charge in [0.2, 0.25) is 0 Å². The second-order valence-corrected chi connectivity index (χ2v) is 5.76. The van der Waals surface area contributed by atoms with Crippen LogP contribution in [0.3, 0.4) is 0 Å². The molecule has 3 nitrogen and oxygen atoms in total. The van der Waals surface area contributed by atoms with Gasteiger partial charge in [0.1, 0.15) is 0 Å². The highest BCUT2D eigenvalue weighted by Crippen LogP contribution is 2.21. The first-order valence-corrected chi connectivity index (χ1v) is 5.70. The molecule has 1 aliphatic heterocycles. The van der Waals surface area contributed by atoms with Crippen molar-refractivity contribution in [3.05, 3.63) is 0 Å². The fourth-order valence-electron chi connectivity index (χ4n) is 1.65. The fourth-order valence-corrected chi connectivity index (χ4v) is 3.83. The first kappa shape index (κ1) is 9.00. The van der Waals surface area contributed by atoms with Crippen LogP contribution < -0.4 is 5.73 Å². The highest BCUT2D eigenvalue weighted by molar-refractivity contribution is 7.91. The highest BCUT2D eigenvalue weighted by Gasteiger charge is 2.33. The van der Waals surface area contributed by atoms with Crippen LogP contribution in [0, 0.1) is 11.8 Å². The van der Waals surface area contributed by atoms with E-state index < -0.39 is 9.84 Å². The lowest BCUT2D eigenvalue weighted by Gasteiger charge is -2.30. The van der Waals surface area contributed by atoms with E-state index in [1.807, 2.05) is 13.8 Å². The molecule has 2 unspecified atom stereocenters. The van der Waals surface area contributed by atoms with Crippen molar-refractivity contribution in [2.75, 3.05) is 11.5 Å². The summed E-state index contributed by atoms with van der Waals surface area (Å²) < 4.78 is 22.3. The molecule has 0 saturated carbocycles. The maximum absolute atomic E-state index is 11.2. The lowest BCUT2D eigenvalue weighted by atomic mass is 9.94. The van der Waals surface area contributed by atoms with Crippen molar-refractivity contribution in [2.45, 2.75) is 19.9 Å². The highest BCUT2D eigenvalue weighted by atomic mass is 32.2. The molecule has 4 heteroatoms. The van der Waals surface area contributed by atoms with Crippen molar-refractivity contribution in [3.8, 4) is 0 Å². The zero-order chi connectivity index (χ0) is 8.65. The Kier molecular flexibility index (Phi) is 2.25. The van der Waals surface area contributed by atoms with E-state index in [-0.39, 0.29) is 29.4 Å². The van der Waals surface area contributed by atoms with E-state index in [0.717, 1.165) is 0 Å². The monoisotopic (exact) mass is 177 g/mol. The molecule has 2 N–H and O–H groups in total. The third-order valence-electron chi connectivity index (χ3n) is 2.35. The minimum atomic E-state index is -2.79. The lowest BCUT2D eigenvalue weighted by molar-refractivity contribution is 0.366. The second kappa shape index (κ2) is 2.75. The van der Waals surface area contributed by atoms with Gasteiger partial charge in [0, 0.05) is 6.04 Å². The van der Waals surface area contributed by atoms with E-state index in [1.165, 1.54) is 0 Å². The maximum atomic E-state index is 11.2. The van der Waals surface area contributed by atoms with Gasteiger partial charge in [-0.3, -0.25) is 0 Å². The molecule has 1 aliphatic rings. The lowest BCUT2D eigenvalue weighted by Crippen LogP contribution is -2.46. The number of sulfone groups is 1. The zero-order valence-corrected chi connectivity index (χ0v) is 7.76. The summed E-state index contributed by atoms with van der Waals surface area (Å²) in [5.74, 6) is 0.754. The van der Waals surface area contributed by atoms with Crippen LogP contribution in [0.15, 0.2) is 0 Å². The molecule has 0 spiro atoms. The average Bonchev–Trinajstić information content (AvgIpc) is 1.81. The molecule has 1 heterocycles. The van der Waals surface area contributed by atoms with Crippen LogP contribution in [0.5, 0.6) is 0 Å². The quantitative estimate of drug-likeness (QED) is 0.567. The third kappa shape index (κ3) is 1.93.